The lowest BCUT2D eigenvalue weighted by atomic mass is 9.80. The van der Waals surface area contributed by atoms with Crippen molar-refractivity contribution in [3.63, 3.8) is 0 Å². The highest BCUT2D eigenvalue weighted by Crippen LogP contribution is 2.44. The minimum absolute atomic E-state index is 0.0166. The van der Waals surface area contributed by atoms with E-state index in [9.17, 15) is 4.79 Å². The molecule has 2 aliphatic rings. The zero-order valence-corrected chi connectivity index (χ0v) is 26.7. The molecule has 0 bridgehead atoms. The van der Waals surface area contributed by atoms with Gasteiger partial charge in [-0.25, -0.2) is 0 Å². The van der Waals surface area contributed by atoms with E-state index in [2.05, 4.69) is 89.3 Å². The van der Waals surface area contributed by atoms with Gasteiger partial charge in [0, 0.05) is 5.92 Å². The van der Waals surface area contributed by atoms with Crippen LogP contribution in [0.4, 0.5) is 0 Å². The molecule has 1 aromatic rings. The second kappa shape index (κ2) is 9.88. The molecule has 0 heterocycles. The van der Waals surface area contributed by atoms with Crippen LogP contribution in [0.5, 0.6) is 0 Å². The average Bonchev–Trinajstić information content (AvgIpc) is 2.65. The lowest BCUT2D eigenvalue weighted by Crippen LogP contribution is -2.85. The second-order valence-electron chi connectivity index (χ2n) is 13.5. The van der Waals surface area contributed by atoms with E-state index in [1.54, 1.807) is 0 Å². The molecule has 0 radical (unpaired) electrons. The summed E-state index contributed by atoms with van der Waals surface area (Å²) in [6.07, 6.45) is 6.55. The van der Waals surface area contributed by atoms with Gasteiger partial charge >= 0.3 is 5.97 Å². The standard InChI is InChI=1S/C26H48O3Si4/c1-30(2,3)33(31(4,5)6,32(7,8)9)29-25-20-19-23(25)26(27)28-24-18-14-13-17-22(24)21-15-11-10-12-16-21/h10-12,15-16,22-25H,13-14,17-20H2,1-9H3/t22-,23-,24+,25-/m0/s1. The first kappa shape index (κ1) is 27.1. The van der Waals surface area contributed by atoms with Gasteiger partial charge in [-0.1, -0.05) is 95.7 Å². The smallest absolute Gasteiger partial charge is 0.311 e. The molecular weight excluding hydrogens is 473 g/mol. The Bertz CT molecular complexity index is 772. The lowest BCUT2D eigenvalue weighted by Gasteiger charge is -2.59. The van der Waals surface area contributed by atoms with Gasteiger partial charge < -0.3 is 9.16 Å². The van der Waals surface area contributed by atoms with E-state index >= 15 is 0 Å². The Balaban J connectivity index is 1.78. The average molecular weight is 521 g/mol. The van der Waals surface area contributed by atoms with Gasteiger partial charge in [0.05, 0.1) is 34.8 Å². The maximum Gasteiger partial charge on any atom is 0.311 e. The van der Waals surface area contributed by atoms with E-state index in [0.717, 1.165) is 32.1 Å². The molecule has 0 saturated heterocycles. The minimum atomic E-state index is -1.93. The van der Waals surface area contributed by atoms with E-state index in [-0.39, 0.29) is 24.1 Å². The van der Waals surface area contributed by atoms with Crippen molar-refractivity contribution in [3.05, 3.63) is 35.9 Å². The molecule has 3 rings (SSSR count). The molecule has 7 heteroatoms. The summed E-state index contributed by atoms with van der Waals surface area (Å²) in [4.78, 5) is 13.5. The Morgan fingerprint density at radius 1 is 0.727 bits per heavy atom. The van der Waals surface area contributed by atoms with Crippen LogP contribution >= 0.6 is 0 Å². The SMILES string of the molecule is C[Si](C)(C)[Si](O[C@H]1CC[C@@H]1C(=O)O[C@@H]1CCCC[C@H]1c1ccccc1)([Si](C)(C)C)[Si](C)(C)C. The van der Waals surface area contributed by atoms with Gasteiger partial charge in [0.25, 0.3) is 0 Å². The van der Waals surface area contributed by atoms with Crippen molar-refractivity contribution in [1.29, 1.82) is 0 Å². The van der Waals surface area contributed by atoms with E-state index < -0.39 is 29.6 Å². The van der Waals surface area contributed by atoms with Crippen molar-refractivity contribution in [1.82, 2.24) is 0 Å². The van der Waals surface area contributed by atoms with Gasteiger partial charge in [-0.15, -0.1) is 0 Å². The van der Waals surface area contributed by atoms with Gasteiger partial charge in [0.2, 0.25) is 0 Å². The predicted molar refractivity (Wildman–Crippen MR) is 151 cm³/mol. The Hall–Kier alpha value is -0.482. The fourth-order valence-corrected chi connectivity index (χ4v) is 102. The van der Waals surface area contributed by atoms with E-state index in [4.69, 9.17) is 9.16 Å². The van der Waals surface area contributed by atoms with Crippen LogP contribution in [-0.2, 0) is 14.0 Å². The van der Waals surface area contributed by atoms with Crippen molar-refractivity contribution in [3.8, 4) is 0 Å². The van der Waals surface area contributed by atoms with Crippen molar-refractivity contribution < 1.29 is 14.0 Å². The summed E-state index contributed by atoms with van der Waals surface area (Å²) in [5.74, 6) is 0.297. The molecule has 0 aliphatic heterocycles. The molecule has 2 saturated carbocycles. The van der Waals surface area contributed by atoms with Crippen LogP contribution in [-0.4, -0.2) is 47.8 Å². The van der Waals surface area contributed by atoms with Crippen molar-refractivity contribution >= 4 is 35.6 Å². The zero-order valence-electron chi connectivity index (χ0n) is 22.7. The highest BCUT2D eigenvalue weighted by molar-refractivity contribution is 7.87. The highest BCUT2D eigenvalue weighted by atomic mass is 29.9. The van der Waals surface area contributed by atoms with Crippen LogP contribution in [0.2, 0.25) is 58.9 Å². The van der Waals surface area contributed by atoms with E-state index in [1.165, 1.54) is 12.0 Å². The fraction of sp³-hybridized carbons (Fsp3) is 0.731. The first-order valence-electron chi connectivity index (χ1n) is 13.1. The van der Waals surface area contributed by atoms with Crippen LogP contribution in [0.25, 0.3) is 0 Å². The monoisotopic (exact) mass is 520 g/mol. The molecule has 0 unspecified atom stereocenters. The van der Waals surface area contributed by atoms with Gasteiger partial charge in [-0.2, -0.15) is 0 Å². The summed E-state index contributed by atoms with van der Waals surface area (Å²) in [7, 11) is -4.58. The summed E-state index contributed by atoms with van der Waals surface area (Å²) in [5, 5.41) is 0. The number of carbonyl (C=O) groups excluding carboxylic acids is 1. The van der Waals surface area contributed by atoms with Crippen LogP contribution in [0.15, 0.2) is 30.3 Å². The molecule has 186 valence electrons. The van der Waals surface area contributed by atoms with Gasteiger partial charge in [-0.05, 0) is 37.7 Å². The first-order chi connectivity index (χ1) is 15.2. The minimum Gasteiger partial charge on any atom is -0.461 e. The number of ether oxygens (including phenoxy) is 1. The molecular formula is C26H48O3Si4. The fourth-order valence-electron chi connectivity index (χ4n) is 7.57. The van der Waals surface area contributed by atoms with Crippen molar-refractivity contribution in [2.45, 2.75) is 116 Å². The lowest BCUT2D eigenvalue weighted by molar-refractivity contribution is -0.165. The molecule has 2 aliphatic carbocycles. The highest BCUT2D eigenvalue weighted by Gasteiger charge is 2.65. The van der Waals surface area contributed by atoms with Crippen LogP contribution in [0.3, 0.4) is 0 Å². The van der Waals surface area contributed by atoms with Gasteiger partial charge in [-0.3, -0.25) is 4.79 Å². The van der Waals surface area contributed by atoms with Gasteiger partial charge in [0.15, 0.2) is 6.87 Å². The molecule has 2 fully saturated rings. The summed E-state index contributed by atoms with van der Waals surface area (Å²) < 4.78 is 13.7. The third-order valence-electron chi connectivity index (χ3n) is 8.21. The third kappa shape index (κ3) is 5.37. The largest absolute Gasteiger partial charge is 0.461 e. The molecule has 0 aromatic heterocycles. The number of benzene rings is 1. The third-order valence-corrected chi connectivity index (χ3v) is 75.8. The Kier molecular flexibility index (Phi) is 8.11. The summed E-state index contributed by atoms with van der Waals surface area (Å²) in [6, 6.07) is 10.7. The first-order valence-corrected chi connectivity index (χ1v) is 28.5. The summed E-state index contributed by atoms with van der Waals surface area (Å²) in [5.41, 5.74) is 1.32. The molecule has 0 spiro atoms. The van der Waals surface area contributed by atoms with E-state index in [0.29, 0.717) is 5.92 Å². The Morgan fingerprint density at radius 2 is 1.27 bits per heavy atom. The van der Waals surface area contributed by atoms with Crippen LogP contribution < -0.4 is 0 Å². The second-order valence-corrected chi connectivity index (χ2v) is 53.0. The number of rotatable bonds is 8. The van der Waals surface area contributed by atoms with E-state index in [1.807, 2.05) is 0 Å². The summed E-state index contributed by atoms with van der Waals surface area (Å²) >= 11 is 0. The molecule has 0 N–H and O–H groups in total. The maximum absolute atomic E-state index is 13.5. The molecule has 1 aromatic carbocycles. The quantitative estimate of drug-likeness (QED) is 0.267. The predicted octanol–water partition coefficient (Wildman–Crippen LogP) is 7.25. The number of esters is 1. The van der Waals surface area contributed by atoms with Gasteiger partial charge in [0.1, 0.15) is 6.10 Å². The molecule has 0 amide bonds. The van der Waals surface area contributed by atoms with Crippen LogP contribution in [0.1, 0.15) is 50.0 Å². The maximum atomic E-state index is 13.5. The number of hydrogen-bond acceptors (Lipinski definition) is 3. The topological polar surface area (TPSA) is 35.5 Å². The zero-order chi connectivity index (χ0) is 24.7. The number of hydrogen-bond donors (Lipinski definition) is 0. The number of carbonyl (C=O) groups is 1. The molecule has 33 heavy (non-hydrogen) atoms. The van der Waals surface area contributed by atoms with Crippen molar-refractivity contribution in [2.24, 2.45) is 5.92 Å². The molecule has 4 atom stereocenters. The Morgan fingerprint density at radius 3 is 1.76 bits per heavy atom. The summed E-state index contributed by atoms with van der Waals surface area (Å²) in [6.45, 7) is 21.0. The molecule has 3 nitrogen and oxygen atoms in total. The van der Waals surface area contributed by atoms with Crippen molar-refractivity contribution in [2.75, 3.05) is 0 Å². The Labute approximate surface area is 206 Å². The normalized spacial score (nSPS) is 27.1. The van der Waals surface area contributed by atoms with Crippen LogP contribution in [0, 0.1) is 5.92 Å².